The molecule has 0 saturated carbocycles. The van der Waals surface area contributed by atoms with E-state index >= 15 is 0 Å². The number of aryl methyl sites for hydroxylation is 1. The Hall–Kier alpha value is -1.93. The Bertz CT molecular complexity index is 712. The zero-order chi connectivity index (χ0) is 17.9. The highest BCUT2D eigenvalue weighted by Crippen LogP contribution is 2.12. The summed E-state index contributed by atoms with van der Waals surface area (Å²) in [6.07, 6.45) is 0. The molecule has 0 aliphatic carbocycles. The number of benzene rings is 1. The number of carbonyl (C=O) groups is 2. The fourth-order valence-electron chi connectivity index (χ4n) is 2.32. The summed E-state index contributed by atoms with van der Waals surface area (Å²) in [5, 5.41) is 5.30. The van der Waals surface area contributed by atoms with Gasteiger partial charge in [-0.15, -0.1) is 0 Å². The van der Waals surface area contributed by atoms with Crippen molar-refractivity contribution in [3.63, 3.8) is 0 Å². The molecule has 1 aliphatic rings. The van der Waals surface area contributed by atoms with Gasteiger partial charge in [-0.2, -0.15) is 0 Å². The topological polar surface area (TPSA) is 102 Å². The van der Waals surface area contributed by atoms with E-state index in [1.807, 2.05) is 20.8 Å². The number of hydrogen-bond donors (Lipinski definition) is 2. The van der Waals surface area contributed by atoms with Gasteiger partial charge in [0.1, 0.15) is 24.6 Å². The lowest BCUT2D eigenvalue weighted by molar-refractivity contribution is -0.155. The van der Waals surface area contributed by atoms with Gasteiger partial charge in [-0.3, -0.25) is 14.9 Å². The van der Waals surface area contributed by atoms with E-state index in [-0.39, 0.29) is 17.4 Å². The number of esters is 1. The van der Waals surface area contributed by atoms with Crippen LogP contribution >= 0.6 is 0 Å². The summed E-state index contributed by atoms with van der Waals surface area (Å²) in [7, 11) is -3.62. The van der Waals surface area contributed by atoms with E-state index in [0.717, 1.165) is 5.56 Å². The number of cyclic esters (lactones) is 1. The monoisotopic (exact) mass is 354 g/mol. The predicted octanol–water partition coefficient (Wildman–Crippen LogP) is 0.382. The molecule has 24 heavy (non-hydrogen) atoms. The number of sulfone groups is 1. The Morgan fingerprint density at radius 1 is 1.33 bits per heavy atom. The van der Waals surface area contributed by atoms with Gasteiger partial charge in [-0.1, -0.05) is 31.5 Å². The second-order valence-corrected chi connectivity index (χ2v) is 8.17. The van der Waals surface area contributed by atoms with E-state index in [9.17, 15) is 18.0 Å². The Balaban J connectivity index is 1.97. The number of morpholine rings is 1. The van der Waals surface area contributed by atoms with Crippen molar-refractivity contribution in [2.45, 2.75) is 37.8 Å². The molecule has 1 aromatic carbocycles. The first-order valence-electron chi connectivity index (χ1n) is 7.70. The third kappa shape index (κ3) is 4.33. The van der Waals surface area contributed by atoms with Crippen molar-refractivity contribution >= 4 is 21.7 Å². The number of carbonyl (C=O) groups excluding carboxylic acids is 2. The highest BCUT2D eigenvalue weighted by atomic mass is 32.2. The molecule has 2 N–H and O–H groups in total. The lowest BCUT2D eigenvalue weighted by Crippen LogP contribution is -2.59. The highest BCUT2D eigenvalue weighted by Gasteiger charge is 2.35. The molecular formula is C16H22N2O5S. The van der Waals surface area contributed by atoms with Crippen LogP contribution in [0, 0.1) is 12.8 Å². The van der Waals surface area contributed by atoms with Crippen molar-refractivity contribution in [3.8, 4) is 0 Å². The van der Waals surface area contributed by atoms with Gasteiger partial charge in [-0.05, 0) is 25.0 Å². The summed E-state index contributed by atoms with van der Waals surface area (Å²) in [5.41, 5.74) is 0.950. The molecule has 2 atom stereocenters. The van der Waals surface area contributed by atoms with E-state index < -0.39 is 39.7 Å². The van der Waals surface area contributed by atoms with Gasteiger partial charge in [0, 0.05) is 0 Å². The van der Waals surface area contributed by atoms with Crippen molar-refractivity contribution in [2.75, 3.05) is 12.5 Å². The number of rotatable bonds is 5. The van der Waals surface area contributed by atoms with Crippen LogP contribution in [0.1, 0.15) is 19.4 Å². The first kappa shape index (κ1) is 18.4. The highest BCUT2D eigenvalue weighted by molar-refractivity contribution is 7.91. The molecule has 0 bridgehead atoms. The van der Waals surface area contributed by atoms with E-state index in [2.05, 4.69) is 10.6 Å². The zero-order valence-electron chi connectivity index (χ0n) is 13.9. The molecule has 1 saturated heterocycles. The maximum absolute atomic E-state index is 12.2. The Morgan fingerprint density at radius 3 is 2.54 bits per heavy atom. The zero-order valence-corrected chi connectivity index (χ0v) is 14.7. The molecule has 7 nitrogen and oxygen atoms in total. The van der Waals surface area contributed by atoms with Crippen LogP contribution in [0.15, 0.2) is 29.2 Å². The molecule has 1 amide bonds. The standard InChI is InChI=1S/C16H22N2O5S/c1-10(2)14-16(20)23-8-13(18-14)15(19)17-9-24(21,22)12-6-4-11(3)5-7-12/h4-7,10,13-14,18H,8-9H2,1-3H3,(H,17,19)/t13?,14-/m0/s1. The number of amides is 1. The third-order valence-corrected chi connectivity index (χ3v) is 5.34. The lowest BCUT2D eigenvalue weighted by atomic mass is 10.0. The second kappa shape index (κ2) is 7.31. The van der Waals surface area contributed by atoms with Crippen LogP contribution in [0.3, 0.4) is 0 Å². The minimum atomic E-state index is -3.62. The average molecular weight is 354 g/mol. The van der Waals surface area contributed by atoms with Crippen molar-refractivity contribution in [2.24, 2.45) is 5.92 Å². The molecule has 0 radical (unpaired) electrons. The normalized spacial score (nSPS) is 21.4. The SMILES string of the molecule is Cc1ccc(S(=O)(=O)CNC(=O)C2COC(=O)[C@H](C(C)C)N2)cc1. The van der Waals surface area contributed by atoms with Crippen LogP contribution in [0.5, 0.6) is 0 Å². The fraction of sp³-hybridized carbons (Fsp3) is 0.500. The molecule has 132 valence electrons. The van der Waals surface area contributed by atoms with Crippen LogP contribution in [0.25, 0.3) is 0 Å². The Morgan fingerprint density at radius 2 is 1.96 bits per heavy atom. The first-order chi connectivity index (χ1) is 11.2. The number of hydrogen-bond acceptors (Lipinski definition) is 6. The average Bonchev–Trinajstić information content (AvgIpc) is 2.53. The Labute approximate surface area is 141 Å². The number of ether oxygens (including phenoxy) is 1. The molecule has 1 unspecified atom stereocenters. The molecule has 1 aliphatic heterocycles. The summed E-state index contributed by atoms with van der Waals surface area (Å²) in [5.74, 6) is -1.46. The molecule has 8 heteroatoms. The second-order valence-electron chi connectivity index (χ2n) is 6.18. The maximum Gasteiger partial charge on any atom is 0.323 e. The third-order valence-electron chi connectivity index (χ3n) is 3.83. The quantitative estimate of drug-likeness (QED) is 0.742. The van der Waals surface area contributed by atoms with Crippen LogP contribution in [0.2, 0.25) is 0 Å². The predicted molar refractivity (Wildman–Crippen MR) is 87.9 cm³/mol. The van der Waals surface area contributed by atoms with E-state index in [4.69, 9.17) is 4.74 Å². The van der Waals surface area contributed by atoms with Gasteiger partial charge in [0.2, 0.25) is 5.91 Å². The van der Waals surface area contributed by atoms with Gasteiger partial charge in [0.25, 0.3) is 0 Å². The molecular weight excluding hydrogens is 332 g/mol. The van der Waals surface area contributed by atoms with Crippen molar-refractivity contribution in [1.82, 2.24) is 10.6 Å². The first-order valence-corrected chi connectivity index (χ1v) is 9.36. The smallest absolute Gasteiger partial charge is 0.323 e. The molecule has 1 fully saturated rings. The van der Waals surface area contributed by atoms with Crippen molar-refractivity contribution in [3.05, 3.63) is 29.8 Å². The van der Waals surface area contributed by atoms with E-state index in [0.29, 0.717) is 0 Å². The van der Waals surface area contributed by atoms with Crippen LogP contribution in [-0.2, 0) is 24.2 Å². The summed E-state index contributed by atoms with van der Waals surface area (Å²) in [4.78, 5) is 23.9. The summed E-state index contributed by atoms with van der Waals surface area (Å²) in [6.45, 7) is 5.42. The summed E-state index contributed by atoms with van der Waals surface area (Å²) in [6, 6.07) is 5.07. The summed E-state index contributed by atoms with van der Waals surface area (Å²) < 4.78 is 29.5. The van der Waals surface area contributed by atoms with E-state index in [1.54, 1.807) is 12.1 Å². The van der Waals surface area contributed by atoms with Gasteiger partial charge >= 0.3 is 5.97 Å². The lowest BCUT2D eigenvalue weighted by Gasteiger charge is -2.31. The Kier molecular flexibility index (Phi) is 5.61. The summed E-state index contributed by atoms with van der Waals surface area (Å²) >= 11 is 0. The van der Waals surface area contributed by atoms with Gasteiger partial charge in [-0.25, -0.2) is 8.42 Å². The van der Waals surface area contributed by atoms with Crippen LogP contribution in [-0.4, -0.2) is 44.9 Å². The van der Waals surface area contributed by atoms with Gasteiger partial charge < -0.3 is 10.1 Å². The maximum atomic E-state index is 12.2. The van der Waals surface area contributed by atoms with Crippen molar-refractivity contribution in [1.29, 1.82) is 0 Å². The molecule has 1 aromatic rings. The largest absolute Gasteiger partial charge is 0.462 e. The van der Waals surface area contributed by atoms with Gasteiger partial charge in [0.15, 0.2) is 9.84 Å². The van der Waals surface area contributed by atoms with Crippen molar-refractivity contribution < 1.29 is 22.7 Å². The van der Waals surface area contributed by atoms with Gasteiger partial charge in [0.05, 0.1) is 4.90 Å². The van der Waals surface area contributed by atoms with E-state index in [1.165, 1.54) is 12.1 Å². The molecule has 2 rings (SSSR count). The minimum Gasteiger partial charge on any atom is -0.462 e. The minimum absolute atomic E-state index is 0.0376. The number of nitrogens with one attached hydrogen (secondary N) is 2. The van der Waals surface area contributed by atoms with Crippen LogP contribution < -0.4 is 10.6 Å². The molecule has 1 heterocycles. The van der Waals surface area contributed by atoms with Crippen LogP contribution in [0.4, 0.5) is 0 Å². The fourth-order valence-corrected chi connectivity index (χ4v) is 3.37. The molecule has 0 aromatic heterocycles. The molecule has 0 spiro atoms.